The fraction of sp³-hybridized carbons (Fsp3) is 0.200. The van der Waals surface area contributed by atoms with Gasteiger partial charge < -0.3 is 0 Å². The number of thiophene rings is 1. The number of carbonyl (C=O) groups excluding carboxylic acids is 1. The van der Waals surface area contributed by atoms with Gasteiger partial charge in [0.25, 0.3) is 0 Å². The average molecular weight is 270 g/mol. The number of Topliss-reactive ketones (excluding diaryl/α,β-unsaturated/α-hetero) is 1. The standard InChI is InChI=1S/C15H14N2OS/c1-17-10-12(13-8-5-9-19-13)14(16-17)15(18)11-6-3-2-4-7-11/h2-9,12H,10H2,1H3. The maximum atomic E-state index is 12.5. The maximum absolute atomic E-state index is 12.5. The van der Waals surface area contributed by atoms with E-state index in [9.17, 15) is 4.79 Å². The monoisotopic (exact) mass is 270 g/mol. The molecule has 0 saturated heterocycles. The normalized spacial score (nSPS) is 18.5. The van der Waals surface area contributed by atoms with Gasteiger partial charge in [0.15, 0.2) is 0 Å². The van der Waals surface area contributed by atoms with Crippen LogP contribution in [0.3, 0.4) is 0 Å². The molecule has 0 amide bonds. The van der Waals surface area contributed by atoms with Gasteiger partial charge in [-0.2, -0.15) is 5.10 Å². The lowest BCUT2D eigenvalue weighted by Crippen LogP contribution is -2.21. The number of hydrazone groups is 1. The average Bonchev–Trinajstić information content (AvgIpc) is 3.07. The Bertz CT molecular complexity index is 604. The summed E-state index contributed by atoms with van der Waals surface area (Å²) in [5.41, 5.74) is 1.36. The molecule has 0 saturated carbocycles. The quantitative estimate of drug-likeness (QED) is 0.803. The van der Waals surface area contributed by atoms with Gasteiger partial charge in [-0.05, 0) is 11.4 Å². The molecule has 96 valence electrons. The van der Waals surface area contributed by atoms with Crippen molar-refractivity contribution >= 4 is 22.8 Å². The lowest BCUT2D eigenvalue weighted by Gasteiger charge is -2.10. The summed E-state index contributed by atoms with van der Waals surface area (Å²) < 4.78 is 0. The van der Waals surface area contributed by atoms with E-state index in [2.05, 4.69) is 11.2 Å². The molecule has 2 aromatic rings. The maximum Gasteiger partial charge on any atom is 0.209 e. The highest BCUT2D eigenvalue weighted by atomic mass is 32.1. The lowest BCUT2D eigenvalue weighted by molar-refractivity contribution is 0.106. The fourth-order valence-electron chi connectivity index (χ4n) is 2.30. The van der Waals surface area contributed by atoms with Crippen LogP contribution in [0.5, 0.6) is 0 Å². The smallest absolute Gasteiger partial charge is 0.209 e. The molecule has 1 aromatic carbocycles. The third-order valence-corrected chi connectivity index (χ3v) is 4.20. The second kappa shape index (κ2) is 4.97. The molecule has 0 radical (unpaired) electrons. The summed E-state index contributed by atoms with van der Waals surface area (Å²) >= 11 is 1.68. The summed E-state index contributed by atoms with van der Waals surface area (Å²) in [6.45, 7) is 0.772. The van der Waals surface area contributed by atoms with Crippen LogP contribution < -0.4 is 0 Å². The zero-order chi connectivity index (χ0) is 13.2. The first-order chi connectivity index (χ1) is 9.25. The summed E-state index contributed by atoms with van der Waals surface area (Å²) in [5.74, 6) is 0.126. The Balaban J connectivity index is 1.94. The minimum absolute atomic E-state index is 0.0309. The van der Waals surface area contributed by atoms with Gasteiger partial charge in [-0.25, -0.2) is 0 Å². The van der Waals surface area contributed by atoms with Crippen molar-refractivity contribution in [2.75, 3.05) is 13.6 Å². The van der Waals surface area contributed by atoms with Crippen molar-refractivity contribution in [1.29, 1.82) is 0 Å². The van der Waals surface area contributed by atoms with E-state index in [4.69, 9.17) is 0 Å². The molecule has 1 aromatic heterocycles. The molecule has 0 spiro atoms. The largest absolute Gasteiger partial charge is 0.299 e. The van der Waals surface area contributed by atoms with Gasteiger partial charge in [0.1, 0.15) is 5.71 Å². The highest BCUT2D eigenvalue weighted by molar-refractivity contribution is 7.10. The van der Waals surface area contributed by atoms with Gasteiger partial charge in [-0.15, -0.1) is 11.3 Å². The predicted molar refractivity (Wildman–Crippen MR) is 77.9 cm³/mol. The Morgan fingerprint density at radius 1 is 1.26 bits per heavy atom. The van der Waals surface area contributed by atoms with Crippen LogP contribution in [0.15, 0.2) is 52.9 Å². The number of carbonyl (C=O) groups is 1. The van der Waals surface area contributed by atoms with Crippen LogP contribution in [0, 0.1) is 0 Å². The minimum Gasteiger partial charge on any atom is -0.299 e. The van der Waals surface area contributed by atoms with E-state index in [1.165, 1.54) is 4.88 Å². The van der Waals surface area contributed by atoms with Crippen molar-refractivity contribution in [2.24, 2.45) is 5.10 Å². The van der Waals surface area contributed by atoms with E-state index in [1.54, 1.807) is 11.3 Å². The molecule has 3 rings (SSSR count). The fourth-order valence-corrected chi connectivity index (χ4v) is 3.12. The van der Waals surface area contributed by atoms with Gasteiger partial charge in [-0.1, -0.05) is 36.4 Å². The third-order valence-electron chi connectivity index (χ3n) is 3.21. The Kier molecular flexibility index (Phi) is 3.17. The SMILES string of the molecule is CN1CC(c2cccs2)C(C(=O)c2ccccc2)=N1. The molecule has 0 bridgehead atoms. The van der Waals surface area contributed by atoms with E-state index in [0.717, 1.165) is 6.54 Å². The van der Waals surface area contributed by atoms with Crippen molar-refractivity contribution in [3.8, 4) is 0 Å². The lowest BCUT2D eigenvalue weighted by atomic mass is 9.95. The second-order valence-corrected chi connectivity index (χ2v) is 5.57. The van der Waals surface area contributed by atoms with Crippen molar-refractivity contribution in [2.45, 2.75) is 5.92 Å². The second-order valence-electron chi connectivity index (χ2n) is 4.59. The van der Waals surface area contributed by atoms with Crippen LogP contribution in [0.1, 0.15) is 21.2 Å². The Morgan fingerprint density at radius 2 is 2.05 bits per heavy atom. The molecule has 3 nitrogen and oxygen atoms in total. The van der Waals surface area contributed by atoms with Crippen LogP contribution in [0.4, 0.5) is 0 Å². The zero-order valence-corrected chi connectivity index (χ0v) is 11.4. The van der Waals surface area contributed by atoms with Gasteiger partial charge in [0.05, 0.1) is 5.92 Å². The first kappa shape index (κ1) is 12.1. The molecule has 19 heavy (non-hydrogen) atoms. The van der Waals surface area contributed by atoms with Gasteiger partial charge in [0.2, 0.25) is 5.78 Å². The molecule has 2 heterocycles. The summed E-state index contributed by atoms with van der Waals surface area (Å²) in [4.78, 5) is 13.7. The summed E-state index contributed by atoms with van der Waals surface area (Å²) in [7, 11) is 1.91. The van der Waals surface area contributed by atoms with Gasteiger partial charge in [-0.3, -0.25) is 9.80 Å². The zero-order valence-electron chi connectivity index (χ0n) is 10.6. The number of rotatable bonds is 3. The predicted octanol–water partition coefficient (Wildman–Crippen LogP) is 3.02. The number of likely N-dealkylation sites (N-methyl/N-ethyl adjacent to an activating group) is 1. The molecular formula is C15H14N2OS. The number of benzene rings is 1. The van der Waals surface area contributed by atoms with Crippen molar-refractivity contribution < 1.29 is 4.79 Å². The molecule has 0 aliphatic carbocycles. The molecular weight excluding hydrogens is 256 g/mol. The van der Waals surface area contributed by atoms with E-state index in [0.29, 0.717) is 11.3 Å². The molecule has 1 aliphatic rings. The third kappa shape index (κ3) is 2.31. The summed E-state index contributed by atoms with van der Waals surface area (Å²) in [6, 6.07) is 13.4. The Hall–Kier alpha value is -1.94. The van der Waals surface area contributed by atoms with Crippen LogP contribution in [-0.2, 0) is 0 Å². The Morgan fingerprint density at radius 3 is 2.74 bits per heavy atom. The molecule has 1 aliphatic heterocycles. The molecule has 0 N–H and O–H groups in total. The molecule has 4 heteroatoms. The van der Waals surface area contributed by atoms with Crippen molar-refractivity contribution in [1.82, 2.24) is 5.01 Å². The first-order valence-corrected chi connectivity index (χ1v) is 7.06. The molecule has 1 atom stereocenters. The first-order valence-electron chi connectivity index (χ1n) is 6.18. The number of ketones is 1. The minimum atomic E-state index is 0.0309. The summed E-state index contributed by atoms with van der Waals surface area (Å²) in [5, 5.41) is 8.30. The van der Waals surface area contributed by atoms with Crippen LogP contribution >= 0.6 is 11.3 Å². The van der Waals surface area contributed by atoms with E-state index >= 15 is 0 Å². The highest BCUT2D eigenvalue weighted by Crippen LogP contribution is 2.29. The Labute approximate surface area is 116 Å². The molecule has 1 unspecified atom stereocenters. The van der Waals surface area contributed by atoms with Gasteiger partial charge in [0, 0.05) is 24.0 Å². The number of nitrogens with zero attached hydrogens (tertiary/aromatic N) is 2. The van der Waals surface area contributed by atoms with E-state index < -0.39 is 0 Å². The van der Waals surface area contributed by atoms with Crippen LogP contribution in [0.2, 0.25) is 0 Å². The topological polar surface area (TPSA) is 32.7 Å². The van der Waals surface area contributed by atoms with E-state index in [1.807, 2.05) is 53.8 Å². The number of hydrogen-bond donors (Lipinski definition) is 0. The van der Waals surface area contributed by atoms with E-state index in [-0.39, 0.29) is 11.7 Å². The highest BCUT2D eigenvalue weighted by Gasteiger charge is 2.32. The molecule has 0 fully saturated rings. The van der Waals surface area contributed by atoms with Crippen molar-refractivity contribution in [3.05, 3.63) is 58.3 Å². The van der Waals surface area contributed by atoms with Crippen LogP contribution in [0.25, 0.3) is 0 Å². The van der Waals surface area contributed by atoms with Gasteiger partial charge >= 0.3 is 0 Å². The summed E-state index contributed by atoms with van der Waals surface area (Å²) in [6.07, 6.45) is 0. The number of hydrogen-bond acceptors (Lipinski definition) is 4. The van der Waals surface area contributed by atoms with Crippen molar-refractivity contribution in [3.63, 3.8) is 0 Å². The van der Waals surface area contributed by atoms with Crippen LogP contribution in [-0.4, -0.2) is 30.1 Å².